The molecule has 0 saturated heterocycles. The third-order valence-corrected chi connectivity index (χ3v) is 10.4. The van der Waals surface area contributed by atoms with Gasteiger partial charge in [0.05, 0.1) is 20.6 Å². The molecule has 4 rings (SSSR count). The monoisotopic (exact) mass is 643 g/mol. The van der Waals surface area contributed by atoms with Crippen molar-refractivity contribution in [1.29, 1.82) is 0 Å². The Kier molecular flexibility index (Phi) is 11.2. The number of nitrogens with one attached hydrogen (secondary N) is 1. The van der Waals surface area contributed by atoms with Gasteiger partial charge in [-0.3, -0.25) is 13.9 Å². The molecule has 0 bridgehead atoms. The Labute approximate surface area is 265 Å². The van der Waals surface area contributed by atoms with E-state index in [1.165, 1.54) is 17.0 Å². The second-order valence-corrected chi connectivity index (χ2v) is 13.9. The van der Waals surface area contributed by atoms with Crippen LogP contribution in [0.1, 0.15) is 62.1 Å². The predicted molar refractivity (Wildman–Crippen MR) is 173 cm³/mol. The van der Waals surface area contributed by atoms with Crippen LogP contribution in [0, 0.1) is 13.8 Å². The van der Waals surface area contributed by atoms with Crippen molar-refractivity contribution in [2.45, 2.75) is 82.8 Å². The molecule has 3 aromatic carbocycles. The minimum absolute atomic E-state index is 0.0542. The molecule has 0 heterocycles. The van der Waals surface area contributed by atoms with Gasteiger partial charge in [0.25, 0.3) is 10.0 Å². The third-order valence-electron chi connectivity index (χ3n) is 7.88. The summed E-state index contributed by atoms with van der Waals surface area (Å²) in [7, 11) is -4.13. The van der Waals surface area contributed by atoms with Gasteiger partial charge >= 0.3 is 0 Å². The maximum atomic E-state index is 14.3. The van der Waals surface area contributed by atoms with Gasteiger partial charge in [0.15, 0.2) is 0 Å². The number of hydrogen-bond acceptors (Lipinski definition) is 4. The van der Waals surface area contributed by atoms with E-state index >= 15 is 0 Å². The molecule has 7 nitrogen and oxygen atoms in total. The molecule has 1 aliphatic carbocycles. The Morgan fingerprint density at radius 3 is 2.07 bits per heavy atom. The number of benzene rings is 3. The standard InChI is InChI=1S/C33H39Cl2N3O4S/c1-4-31(33(40)36-26-8-6-5-7-9-26)37(21-25-14-19-29(34)30(35)20-25)32(39)22-38(27-15-10-23(2)11-16-27)43(41,42)28-17-12-24(3)13-18-28/h10-20,26,31H,4-9,21-22H2,1-3H3,(H,36,40)/t31-/m0/s1. The Morgan fingerprint density at radius 1 is 0.884 bits per heavy atom. The van der Waals surface area contributed by atoms with E-state index in [-0.39, 0.29) is 23.4 Å². The van der Waals surface area contributed by atoms with Crippen LogP contribution in [0.15, 0.2) is 71.6 Å². The lowest BCUT2D eigenvalue weighted by Crippen LogP contribution is -2.54. The van der Waals surface area contributed by atoms with Crippen molar-refractivity contribution in [2.75, 3.05) is 10.8 Å². The highest BCUT2D eigenvalue weighted by molar-refractivity contribution is 7.92. The first-order valence-electron chi connectivity index (χ1n) is 14.7. The van der Waals surface area contributed by atoms with Gasteiger partial charge < -0.3 is 10.2 Å². The van der Waals surface area contributed by atoms with Crippen LogP contribution in [0.25, 0.3) is 0 Å². The first-order chi connectivity index (χ1) is 20.5. The van der Waals surface area contributed by atoms with Gasteiger partial charge in [-0.25, -0.2) is 8.42 Å². The maximum Gasteiger partial charge on any atom is 0.264 e. The van der Waals surface area contributed by atoms with Gasteiger partial charge in [0.1, 0.15) is 12.6 Å². The van der Waals surface area contributed by atoms with Crippen LogP contribution >= 0.6 is 23.2 Å². The fraction of sp³-hybridized carbons (Fsp3) is 0.394. The molecule has 0 spiro atoms. The lowest BCUT2D eigenvalue weighted by molar-refractivity contribution is -0.140. The predicted octanol–water partition coefficient (Wildman–Crippen LogP) is 7.06. The van der Waals surface area contributed by atoms with Gasteiger partial charge in [0, 0.05) is 12.6 Å². The van der Waals surface area contributed by atoms with Crippen molar-refractivity contribution in [3.05, 3.63) is 93.5 Å². The van der Waals surface area contributed by atoms with E-state index in [4.69, 9.17) is 23.2 Å². The second kappa shape index (κ2) is 14.6. The number of aryl methyl sites for hydroxylation is 2. The molecule has 2 amide bonds. The highest BCUT2D eigenvalue weighted by atomic mass is 35.5. The average molecular weight is 645 g/mol. The summed E-state index contributed by atoms with van der Waals surface area (Å²) in [5.74, 6) is -0.751. The number of anilines is 1. The van der Waals surface area contributed by atoms with E-state index in [1.807, 2.05) is 20.8 Å². The van der Waals surface area contributed by atoms with Crippen LogP contribution in [0.4, 0.5) is 5.69 Å². The highest BCUT2D eigenvalue weighted by Crippen LogP contribution is 2.27. The largest absolute Gasteiger partial charge is 0.352 e. The molecule has 0 radical (unpaired) electrons. The first-order valence-corrected chi connectivity index (χ1v) is 16.9. The van der Waals surface area contributed by atoms with Crippen molar-refractivity contribution in [2.24, 2.45) is 0 Å². The maximum absolute atomic E-state index is 14.3. The van der Waals surface area contributed by atoms with Crippen LogP contribution in [-0.2, 0) is 26.2 Å². The SMILES string of the molecule is CC[C@@H](C(=O)NC1CCCCC1)N(Cc1ccc(Cl)c(Cl)c1)C(=O)CN(c1ccc(C)cc1)S(=O)(=O)c1ccc(C)cc1. The summed E-state index contributed by atoms with van der Waals surface area (Å²) in [4.78, 5) is 29.5. The van der Waals surface area contributed by atoms with Crippen LogP contribution in [0.3, 0.4) is 0 Å². The molecule has 1 fully saturated rings. The number of hydrogen-bond donors (Lipinski definition) is 1. The lowest BCUT2D eigenvalue weighted by Gasteiger charge is -2.34. The minimum Gasteiger partial charge on any atom is -0.352 e. The molecule has 0 unspecified atom stereocenters. The Bertz CT molecular complexity index is 1520. The summed E-state index contributed by atoms with van der Waals surface area (Å²) in [6, 6.07) is 17.8. The van der Waals surface area contributed by atoms with Gasteiger partial charge in [0.2, 0.25) is 11.8 Å². The van der Waals surface area contributed by atoms with Crippen molar-refractivity contribution in [3.63, 3.8) is 0 Å². The second-order valence-electron chi connectivity index (χ2n) is 11.2. The topological polar surface area (TPSA) is 86.8 Å². The molecule has 1 aliphatic rings. The Balaban J connectivity index is 1.71. The minimum atomic E-state index is -4.13. The van der Waals surface area contributed by atoms with Gasteiger partial charge in [-0.15, -0.1) is 0 Å². The number of carbonyl (C=O) groups excluding carboxylic acids is 2. The molecule has 43 heavy (non-hydrogen) atoms. The van der Waals surface area contributed by atoms with Gasteiger partial charge in [-0.05, 0) is 75.1 Å². The van der Waals surface area contributed by atoms with E-state index in [1.54, 1.807) is 54.6 Å². The van der Waals surface area contributed by atoms with Crippen LogP contribution < -0.4 is 9.62 Å². The van der Waals surface area contributed by atoms with E-state index < -0.39 is 28.5 Å². The zero-order chi connectivity index (χ0) is 31.1. The fourth-order valence-electron chi connectivity index (χ4n) is 5.38. The van der Waals surface area contributed by atoms with Crippen LogP contribution in [0.5, 0.6) is 0 Å². The van der Waals surface area contributed by atoms with Crippen LogP contribution in [0.2, 0.25) is 10.0 Å². The summed E-state index contributed by atoms with van der Waals surface area (Å²) < 4.78 is 29.1. The van der Waals surface area contributed by atoms with E-state index in [2.05, 4.69) is 5.32 Å². The Morgan fingerprint density at radius 2 is 1.49 bits per heavy atom. The fourth-order valence-corrected chi connectivity index (χ4v) is 7.11. The summed E-state index contributed by atoms with van der Waals surface area (Å²) in [6.45, 7) is 5.19. The highest BCUT2D eigenvalue weighted by Gasteiger charge is 2.34. The van der Waals surface area contributed by atoms with Gasteiger partial charge in [-0.1, -0.05) is 90.8 Å². The lowest BCUT2D eigenvalue weighted by atomic mass is 9.95. The average Bonchev–Trinajstić information content (AvgIpc) is 2.98. The molecular weight excluding hydrogens is 605 g/mol. The van der Waals surface area contributed by atoms with Crippen molar-refractivity contribution >= 4 is 50.7 Å². The molecule has 230 valence electrons. The number of halogens is 2. The van der Waals surface area contributed by atoms with Gasteiger partial charge in [-0.2, -0.15) is 0 Å². The zero-order valence-electron chi connectivity index (χ0n) is 24.9. The van der Waals surface area contributed by atoms with E-state index in [9.17, 15) is 18.0 Å². The molecular formula is C33H39Cl2N3O4S. The van der Waals surface area contributed by atoms with Crippen LogP contribution in [-0.4, -0.2) is 43.8 Å². The molecule has 1 saturated carbocycles. The summed E-state index contributed by atoms with van der Waals surface area (Å²) >= 11 is 12.4. The normalized spacial score (nSPS) is 14.6. The summed E-state index contributed by atoms with van der Waals surface area (Å²) in [5, 5.41) is 3.86. The molecule has 0 aliphatic heterocycles. The van der Waals surface area contributed by atoms with E-state index in [0.29, 0.717) is 27.7 Å². The molecule has 1 N–H and O–H groups in total. The number of nitrogens with zero attached hydrogens (tertiary/aromatic N) is 2. The number of amides is 2. The molecule has 10 heteroatoms. The van der Waals surface area contributed by atoms with Crippen molar-refractivity contribution in [1.82, 2.24) is 10.2 Å². The molecule has 0 aromatic heterocycles. The molecule has 3 aromatic rings. The number of carbonyl (C=O) groups is 2. The first kappa shape index (κ1) is 32.8. The smallest absolute Gasteiger partial charge is 0.264 e. The van der Waals surface area contributed by atoms with Crippen molar-refractivity contribution < 1.29 is 18.0 Å². The molecule has 1 atom stereocenters. The third kappa shape index (κ3) is 8.31. The summed E-state index contributed by atoms with van der Waals surface area (Å²) in [5.41, 5.74) is 2.90. The number of sulfonamides is 1. The number of rotatable bonds is 11. The van der Waals surface area contributed by atoms with E-state index in [0.717, 1.165) is 47.5 Å². The van der Waals surface area contributed by atoms with Crippen molar-refractivity contribution in [3.8, 4) is 0 Å². The summed E-state index contributed by atoms with van der Waals surface area (Å²) in [6.07, 6.45) is 5.40. The Hall–Kier alpha value is -3.07. The quantitative estimate of drug-likeness (QED) is 0.242. The zero-order valence-corrected chi connectivity index (χ0v) is 27.2.